The van der Waals surface area contributed by atoms with Gasteiger partial charge in [0, 0.05) is 11.0 Å². The molecular formula is C8H8N2OS. The second-order valence-corrected chi connectivity index (χ2v) is 2.86. The fraction of sp³-hybridized carbons (Fsp3) is 0.250. The van der Waals surface area contributed by atoms with Gasteiger partial charge in [0.05, 0.1) is 7.11 Å². The lowest BCUT2D eigenvalue weighted by Crippen LogP contribution is -1.91. The lowest BCUT2D eigenvalue weighted by molar-refractivity contribution is 0.397. The molecule has 0 aliphatic carbocycles. The summed E-state index contributed by atoms with van der Waals surface area (Å²) in [5.74, 6) is 0.476. The minimum atomic E-state index is 0.418. The number of pyridine rings is 1. The zero-order valence-electron chi connectivity index (χ0n) is 6.87. The van der Waals surface area contributed by atoms with Crippen molar-refractivity contribution in [2.24, 2.45) is 0 Å². The summed E-state index contributed by atoms with van der Waals surface area (Å²) in [5.41, 5.74) is 0.418. The Hall–Kier alpha value is -1.21. The van der Waals surface area contributed by atoms with Gasteiger partial charge in [0.15, 0.2) is 5.69 Å². The normalized spacial score (nSPS) is 9.08. The molecule has 62 valence electrons. The van der Waals surface area contributed by atoms with E-state index in [-0.39, 0.29) is 0 Å². The molecule has 0 aliphatic rings. The Balaban J connectivity index is 3.13. The van der Waals surface area contributed by atoms with Crippen molar-refractivity contribution in [2.75, 3.05) is 13.4 Å². The van der Waals surface area contributed by atoms with E-state index in [0.29, 0.717) is 11.6 Å². The van der Waals surface area contributed by atoms with Crippen LogP contribution in [0.25, 0.3) is 0 Å². The predicted molar refractivity (Wildman–Crippen MR) is 47.3 cm³/mol. The largest absolute Gasteiger partial charge is 0.481 e. The predicted octanol–water partition coefficient (Wildman–Crippen LogP) is 1.68. The van der Waals surface area contributed by atoms with Crippen LogP contribution in [0.2, 0.25) is 0 Å². The molecule has 0 aromatic carbocycles. The van der Waals surface area contributed by atoms with Gasteiger partial charge in [-0.15, -0.1) is 11.8 Å². The Bertz CT molecular complexity index is 319. The molecule has 0 saturated heterocycles. The zero-order valence-corrected chi connectivity index (χ0v) is 7.68. The topological polar surface area (TPSA) is 45.9 Å². The highest BCUT2D eigenvalue weighted by Crippen LogP contribution is 2.20. The van der Waals surface area contributed by atoms with Gasteiger partial charge in [-0.2, -0.15) is 5.26 Å². The molecule has 0 N–H and O–H groups in total. The fourth-order valence-corrected chi connectivity index (χ4v) is 1.28. The number of thioether (sulfide) groups is 1. The number of hydrogen-bond acceptors (Lipinski definition) is 4. The monoisotopic (exact) mass is 180 g/mol. The molecule has 1 aromatic heterocycles. The van der Waals surface area contributed by atoms with Gasteiger partial charge in [-0.05, 0) is 12.3 Å². The van der Waals surface area contributed by atoms with Crippen LogP contribution in [0.5, 0.6) is 5.88 Å². The van der Waals surface area contributed by atoms with E-state index in [1.165, 1.54) is 18.9 Å². The van der Waals surface area contributed by atoms with Crippen LogP contribution in [0.3, 0.4) is 0 Å². The number of nitrogens with zero attached hydrogens (tertiary/aromatic N) is 2. The minimum absolute atomic E-state index is 0.418. The van der Waals surface area contributed by atoms with Crippen LogP contribution in [-0.4, -0.2) is 18.3 Å². The third-order valence-corrected chi connectivity index (χ3v) is 2.14. The van der Waals surface area contributed by atoms with E-state index in [0.717, 1.165) is 4.90 Å². The van der Waals surface area contributed by atoms with Gasteiger partial charge >= 0.3 is 0 Å². The van der Waals surface area contributed by atoms with Crippen LogP contribution < -0.4 is 4.74 Å². The molecule has 3 nitrogen and oxygen atoms in total. The van der Waals surface area contributed by atoms with Gasteiger partial charge in [-0.25, -0.2) is 4.98 Å². The first kappa shape index (κ1) is 8.88. The fourth-order valence-electron chi connectivity index (χ4n) is 0.787. The van der Waals surface area contributed by atoms with E-state index >= 15 is 0 Å². The van der Waals surface area contributed by atoms with Gasteiger partial charge in [0.25, 0.3) is 0 Å². The Morgan fingerprint density at radius 1 is 1.58 bits per heavy atom. The highest BCUT2D eigenvalue weighted by Gasteiger charge is 2.03. The number of hydrogen-bond donors (Lipinski definition) is 0. The van der Waals surface area contributed by atoms with Crippen LogP contribution >= 0.6 is 11.8 Å². The van der Waals surface area contributed by atoms with E-state index in [9.17, 15) is 0 Å². The molecule has 0 amide bonds. The van der Waals surface area contributed by atoms with E-state index < -0.39 is 0 Å². The lowest BCUT2D eigenvalue weighted by atomic mass is 10.4. The summed E-state index contributed by atoms with van der Waals surface area (Å²) in [6, 6.07) is 5.58. The maximum Gasteiger partial charge on any atom is 0.214 e. The molecule has 1 heterocycles. The summed E-state index contributed by atoms with van der Waals surface area (Å²) < 4.78 is 4.88. The molecule has 1 aromatic rings. The maximum atomic E-state index is 8.69. The summed E-state index contributed by atoms with van der Waals surface area (Å²) in [6.45, 7) is 0. The summed E-state index contributed by atoms with van der Waals surface area (Å²) in [6.07, 6.45) is 1.91. The summed E-state index contributed by atoms with van der Waals surface area (Å²) in [7, 11) is 1.53. The van der Waals surface area contributed by atoms with E-state index in [4.69, 9.17) is 10.00 Å². The van der Waals surface area contributed by atoms with Crippen LogP contribution in [0.15, 0.2) is 17.0 Å². The van der Waals surface area contributed by atoms with Gasteiger partial charge < -0.3 is 4.74 Å². The van der Waals surface area contributed by atoms with Crippen molar-refractivity contribution in [3.05, 3.63) is 17.8 Å². The molecular weight excluding hydrogens is 172 g/mol. The molecule has 0 radical (unpaired) electrons. The molecule has 4 heteroatoms. The van der Waals surface area contributed by atoms with Crippen LogP contribution in [0.4, 0.5) is 0 Å². The first-order chi connectivity index (χ1) is 5.81. The summed E-state index contributed by atoms with van der Waals surface area (Å²) >= 11 is 1.50. The van der Waals surface area contributed by atoms with Crippen molar-refractivity contribution in [2.45, 2.75) is 4.90 Å². The second kappa shape index (κ2) is 3.98. The van der Waals surface area contributed by atoms with Crippen LogP contribution in [0, 0.1) is 11.3 Å². The van der Waals surface area contributed by atoms with Gasteiger partial charge in [0.1, 0.15) is 6.07 Å². The SMILES string of the molecule is COc1ccc(SC)c(C#N)n1. The molecule has 0 saturated carbocycles. The number of nitriles is 1. The standard InChI is InChI=1S/C8H8N2OS/c1-11-8-4-3-7(12-2)6(5-9)10-8/h3-4H,1-2H3. The zero-order chi connectivity index (χ0) is 8.97. The molecule has 0 atom stereocenters. The first-order valence-corrected chi connectivity index (χ1v) is 4.53. The highest BCUT2D eigenvalue weighted by atomic mass is 32.2. The Kier molecular flexibility index (Phi) is 2.94. The Morgan fingerprint density at radius 2 is 2.33 bits per heavy atom. The molecule has 0 fully saturated rings. The van der Waals surface area contributed by atoms with Crippen LogP contribution in [-0.2, 0) is 0 Å². The van der Waals surface area contributed by atoms with E-state index in [2.05, 4.69) is 4.98 Å². The van der Waals surface area contributed by atoms with Crippen molar-refractivity contribution >= 4 is 11.8 Å². The molecule has 0 spiro atoms. The van der Waals surface area contributed by atoms with Crippen molar-refractivity contribution in [3.8, 4) is 11.9 Å². The number of rotatable bonds is 2. The smallest absolute Gasteiger partial charge is 0.214 e. The second-order valence-electron chi connectivity index (χ2n) is 2.02. The quantitative estimate of drug-likeness (QED) is 0.650. The molecule has 1 rings (SSSR count). The number of aromatic nitrogens is 1. The van der Waals surface area contributed by atoms with Crippen molar-refractivity contribution < 1.29 is 4.74 Å². The average molecular weight is 180 g/mol. The summed E-state index contributed by atoms with van der Waals surface area (Å²) in [4.78, 5) is 4.85. The Morgan fingerprint density at radius 3 is 2.83 bits per heavy atom. The molecule has 0 unspecified atom stereocenters. The van der Waals surface area contributed by atoms with Crippen LogP contribution in [0.1, 0.15) is 5.69 Å². The lowest BCUT2D eigenvalue weighted by Gasteiger charge is -2.01. The number of ether oxygens (including phenoxy) is 1. The van der Waals surface area contributed by atoms with E-state index in [1.807, 2.05) is 18.4 Å². The summed E-state index contributed by atoms with van der Waals surface area (Å²) in [5, 5.41) is 8.69. The average Bonchev–Trinajstić information content (AvgIpc) is 2.16. The maximum absolute atomic E-state index is 8.69. The highest BCUT2D eigenvalue weighted by molar-refractivity contribution is 7.98. The molecule has 0 aliphatic heterocycles. The van der Waals surface area contributed by atoms with E-state index in [1.54, 1.807) is 6.07 Å². The Labute approximate surface area is 75.4 Å². The third-order valence-electron chi connectivity index (χ3n) is 1.37. The third kappa shape index (κ3) is 1.69. The number of methoxy groups -OCH3 is 1. The first-order valence-electron chi connectivity index (χ1n) is 3.31. The van der Waals surface area contributed by atoms with Gasteiger partial charge in [-0.1, -0.05) is 0 Å². The molecule has 0 bridgehead atoms. The van der Waals surface area contributed by atoms with Crippen molar-refractivity contribution in [1.82, 2.24) is 4.98 Å². The van der Waals surface area contributed by atoms with Crippen molar-refractivity contribution in [1.29, 1.82) is 5.26 Å². The van der Waals surface area contributed by atoms with Crippen molar-refractivity contribution in [3.63, 3.8) is 0 Å². The molecule has 12 heavy (non-hydrogen) atoms. The van der Waals surface area contributed by atoms with Gasteiger partial charge in [0.2, 0.25) is 5.88 Å². The van der Waals surface area contributed by atoms with Gasteiger partial charge in [-0.3, -0.25) is 0 Å². The minimum Gasteiger partial charge on any atom is -0.481 e.